The molecular formula is C65H53N. The smallest absolute Gasteiger partial charge is 0.0540 e. The lowest BCUT2D eigenvalue weighted by Gasteiger charge is -2.61. The molecule has 0 N–H and O–H groups in total. The first-order valence-electron chi connectivity index (χ1n) is 24.5. The minimum Gasteiger partial charge on any atom is -0.310 e. The van der Waals surface area contributed by atoms with Gasteiger partial charge in [-0.3, -0.25) is 0 Å². The molecule has 9 aromatic rings. The molecule has 0 radical (unpaired) electrons. The SMILES string of the molecule is CC1(C)c2ccccc2-c2cc(N(c3ccc(-c4ccccc4)cc3)c3ccc(-c4cccc5c4-c4ccc(-c6ccccc6)cc4C54C5CC6CC(C5)CC4C6)c4ccccc34)ccc21. The minimum atomic E-state index is -0.0616. The van der Waals surface area contributed by atoms with Crippen molar-refractivity contribution in [3.63, 3.8) is 0 Å². The Kier molecular flexibility index (Phi) is 8.29. The van der Waals surface area contributed by atoms with Crippen LogP contribution in [-0.2, 0) is 10.8 Å². The quantitative estimate of drug-likeness (QED) is 0.161. The lowest BCUT2D eigenvalue weighted by Crippen LogP contribution is -2.55. The summed E-state index contributed by atoms with van der Waals surface area (Å²) in [5.74, 6) is 3.18. The van der Waals surface area contributed by atoms with E-state index in [2.05, 4.69) is 219 Å². The summed E-state index contributed by atoms with van der Waals surface area (Å²) in [5.41, 5.74) is 22.9. The number of nitrogens with zero attached hydrogens (tertiary/aromatic N) is 1. The van der Waals surface area contributed by atoms with Crippen molar-refractivity contribution in [3.8, 4) is 55.6 Å². The molecule has 9 aromatic carbocycles. The van der Waals surface area contributed by atoms with Gasteiger partial charge in [-0.15, -0.1) is 0 Å². The van der Waals surface area contributed by atoms with Gasteiger partial charge in [0, 0.05) is 27.6 Å². The summed E-state index contributed by atoms with van der Waals surface area (Å²) in [5, 5.41) is 2.54. The highest BCUT2D eigenvalue weighted by Crippen LogP contribution is 2.70. The summed E-state index contributed by atoms with van der Waals surface area (Å²) in [4.78, 5) is 2.51. The second-order valence-corrected chi connectivity index (χ2v) is 20.9. The molecule has 4 bridgehead atoms. The van der Waals surface area contributed by atoms with Crippen LogP contribution in [-0.4, -0.2) is 0 Å². The maximum absolute atomic E-state index is 2.63. The van der Waals surface area contributed by atoms with E-state index in [1.807, 2.05) is 0 Å². The third kappa shape index (κ3) is 5.41. The lowest BCUT2D eigenvalue weighted by molar-refractivity contribution is -0.0399. The van der Waals surface area contributed by atoms with Gasteiger partial charge >= 0.3 is 0 Å². The fourth-order valence-corrected chi connectivity index (χ4v) is 14.7. The van der Waals surface area contributed by atoms with Crippen LogP contribution in [0.5, 0.6) is 0 Å². The normalized spacial score (nSPS) is 22.3. The molecule has 1 heteroatoms. The topological polar surface area (TPSA) is 3.24 Å². The Labute approximate surface area is 389 Å². The van der Waals surface area contributed by atoms with Crippen LogP contribution in [0.1, 0.15) is 68.2 Å². The molecule has 4 fully saturated rings. The molecule has 0 amide bonds. The molecule has 0 saturated heterocycles. The fourth-order valence-electron chi connectivity index (χ4n) is 14.7. The molecule has 0 aromatic heterocycles. The monoisotopic (exact) mass is 847 g/mol. The zero-order chi connectivity index (χ0) is 43.7. The number of anilines is 3. The van der Waals surface area contributed by atoms with Crippen LogP contribution in [0.3, 0.4) is 0 Å². The van der Waals surface area contributed by atoms with Gasteiger partial charge in [0.2, 0.25) is 0 Å². The first-order valence-corrected chi connectivity index (χ1v) is 24.5. The molecule has 0 unspecified atom stereocenters. The predicted molar refractivity (Wildman–Crippen MR) is 276 cm³/mol. The van der Waals surface area contributed by atoms with Gasteiger partial charge in [-0.05, 0) is 175 Å². The first-order chi connectivity index (χ1) is 32.4. The van der Waals surface area contributed by atoms with Crippen LogP contribution in [0, 0.1) is 23.7 Å². The van der Waals surface area contributed by atoms with Crippen molar-refractivity contribution in [1.82, 2.24) is 0 Å². The van der Waals surface area contributed by atoms with Crippen molar-refractivity contribution < 1.29 is 0 Å². The molecule has 318 valence electrons. The van der Waals surface area contributed by atoms with E-state index in [-0.39, 0.29) is 10.8 Å². The largest absolute Gasteiger partial charge is 0.310 e. The number of hydrogen-bond acceptors (Lipinski definition) is 1. The van der Waals surface area contributed by atoms with Crippen LogP contribution in [0.25, 0.3) is 66.4 Å². The van der Waals surface area contributed by atoms with Crippen LogP contribution in [0.2, 0.25) is 0 Å². The summed E-state index contributed by atoms with van der Waals surface area (Å²) < 4.78 is 0. The van der Waals surface area contributed by atoms with Crippen LogP contribution < -0.4 is 4.90 Å². The summed E-state index contributed by atoms with van der Waals surface area (Å²) >= 11 is 0. The standard InChI is InChI=1S/C65H53N/c1-64(2)58-22-12-11-19-53(58)57-40-50(29-32-59(57)64)66(49-27-24-45(25-28-49)43-14-5-3-6-15-43)62-33-31-52(51-18-9-10-20-54(51)62)55-21-13-23-60-63(55)56-30-26-46(44-16-7-4-8-17-44)39-61(56)65(60)47-35-41-34-42(37-47)38-48(65)36-41/h3-33,39-42,47-48H,34-38H2,1-2H3. The second kappa shape index (κ2) is 14.3. The highest BCUT2D eigenvalue weighted by Gasteiger charge is 2.62. The van der Waals surface area contributed by atoms with Crippen LogP contribution in [0.15, 0.2) is 200 Å². The van der Waals surface area contributed by atoms with Crippen molar-refractivity contribution in [2.75, 3.05) is 4.90 Å². The molecule has 0 heterocycles. The Bertz CT molecular complexity index is 3360. The van der Waals surface area contributed by atoms with Gasteiger partial charge in [0.25, 0.3) is 0 Å². The van der Waals surface area contributed by atoms with Gasteiger partial charge in [-0.25, -0.2) is 0 Å². The summed E-state index contributed by atoms with van der Waals surface area (Å²) in [6.07, 6.45) is 6.94. The third-order valence-electron chi connectivity index (χ3n) is 17.3. The van der Waals surface area contributed by atoms with Crippen molar-refractivity contribution in [2.24, 2.45) is 23.7 Å². The average molecular weight is 848 g/mol. The molecule has 1 nitrogen and oxygen atoms in total. The van der Waals surface area contributed by atoms with E-state index in [0.29, 0.717) is 11.8 Å². The van der Waals surface area contributed by atoms with Crippen molar-refractivity contribution in [1.29, 1.82) is 0 Å². The Morgan fingerprint density at radius 2 is 0.924 bits per heavy atom. The second-order valence-electron chi connectivity index (χ2n) is 20.9. The molecule has 1 spiro atoms. The molecule has 0 aliphatic heterocycles. The minimum absolute atomic E-state index is 0.0616. The Balaban J connectivity index is 0.966. The Hall–Kier alpha value is -6.96. The number of hydrogen-bond donors (Lipinski definition) is 0. The van der Waals surface area contributed by atoms with Gasteiger partial charge in [0.15, 0.2) is 0 Å². The van der Waals surface area contributed by atoms with E-state index in [0.717, 1.165) is 17.5 Å². The van der Waals surface area contributed by atoms with Gasteiger partial charge in [0.05, 0.1) is 5.69 Å². The molecule has 6 aliphatic carbocycles. The molecular weight excluding hydrogens is 795 g/mol. The molecule has 15 rings (SSSR count). The van der Waals surface area contributed by atoms with E-state index >= 15 is 0 Å². The van der Waals surface area contributed by atoms with Crippen molar-refractivity contribution in [3.05, 3.63) is 222 Å². The van der Waals surface area contributed by atoms with E-state index in [4.69, 9.17) is 0 Å². The van der Waals surface area contributed by atoms with E-state index in [9.17, 15) is 0 Å². The number of rotatable bonds is 6. The third-order valence-corrected chi connectivity index (χ3v) is 17.3. The zero-order valence-corrected chi connectivity index (χ0v) is 37.8. The van der Waals surface area contributed by atoms with Gasteiger partial charge < -0.3 is 4.90 Å². The highest BCUT2D eigenvalue weighted by atomic mass is 15.1. The summed E-state index contributed by atoms with van der Waals surface area (Å²) in [7, 11) is 0. The van der Waals surface area contributed by atoms with Crippen molar-refractivity contribution >= 4 is 27.8 Å². The van der Waals surface area contributed by atoms with Gasteiger partial charge in [-0.2, -0.15) is 0 Å². The summed E-state index contributed by atoms with van der Waals surface area (Å²) in [6.45, 7) is 4.74. The zero-order valence-electron chi connectivity index (χ0n) is 37.8. The Morgan fingerprint density at radius 1 is 0.364 bits per heavy atom. The molecule has 66 heavy (non-hydrogen) atoms. The van der Waals surface area contributed by atoms with Gasteiger partial charge in [-0.1, -0.05) is 178 Å². The number of benzene rings is 9. The van der Waals surface area contributed by atoms with E-state index in [1.54, 1.807) is 11.1 Å². The van der Waals surface area contributed by atoms with Crippen LogP contribution in [0.4, 0.5) is 17.1 Å². The number of fused-ring (bicyclic) bond motifs is 7. The Morgan fingerprint density at radius 3 is 1.67 bits per heavy atom. The average Bonchev–Trinajstić information content (AvgIpc) is 3.78. The van der Waals surface area contributed by atoms with Crippen LogP contribution >= 0.6 is 0 Å². The first kappa shape index (κ1) is 38.3. The predicted octanol–water partition coefficient (Wildman–Crippen LogP) is 17.3. The van der Waals surface area contributed by atoms with E-state index in [1.165, 1.54) is 121 Å². The van der Waals surface area contributed by atoms with E-state index < -0.39 is 0 Å². The molecule has 0 atom stereocenters. The fraction of sp³-hybridized carbons (Fsp3) is 0.200. The van der Waals surface area contributed by atoms with Crippen molar-refractivity contribution in [2.45, 2.75) is 56.8 Å². The van der Waals surface area contributed by atoms with Gasteiger partial charge in [0.1, 0.15) is 0 Å². The maximum Gasteiger partial charge on any atom is 0.0540 e. The molecule has 4 saturated carbocycles. The highest BCUT2D eigenvalue weighted by molar-refractivity contribution is 6.09. The molecule has 6 aliphatic rings. The summed E-state index contributed by atoms with van der Waals surface area (Å²) in [6, 6.07) is 76.2. The maximum atomic E-state index is 2.63. The lowest BCUT2D eigenvalue weighted by atomic mass is 9.43.